The number of hydrogen-bond donors (Lipinski definition) is 2. The third-order valence-electron chi connectivity index (χ3n) is 3.41. The van der Waals surface area contributed by atoms with Crippen LogP contribution in [0.15, 0.2) is 0 Å². The predicted molar refractivity (Wildman–Crippen MR) is 63.8 cm³/mol. The van der Waals surface area contributed by atoms with Crippen molar-refractivity contribution in [3.8, 4) is 0 Å². The molecule has 1 saturated carbocycles. The molecular formula is C11H23NOS. The van der Waals surface area contributed by atoms with E-state index in [1.54, 1.807) is 0 Å². The van der Waals surface area contributed by atoms with E-state index in [0.29, 0.717) is 17.2 Å². The summed E-state index contributed by atoms with van der Waals surface area (Å²) in [5, 5.41) is 13.4. The summed E-state index contributed by atoms with van der Waals surface area (Å²) < 4.78 is 0.493. The molecule has 14 heavy (non-hydrogen) atoms. The molecule has 0 bridgehead atoms. The van der Waals surface area contributed by atoms with E-state index in [1.807, 2.05) is 18.7 Å². The summed E-state index contributed by atoms with van der Waals surface area (Å²) in [5.41, 5.74) is -0.575. The van der Waals surface area contributed by atoms with E-state index in [1.165, 1.54) is 12.8 Å². The van der Waals surface area contributed by atoms with Gasteiger partial charge < -0.3 is 10.4 Å². The maximum atomic E-state index is 10.0. The molecule has 0 aliphatic heterocycles. The van der Waals surface area contributed by atoms with Crippen LogP contribution >= 0.6 is 11.8 Å². The van der Waals surface area contributed by atoms with Crippen LogP contribution in [0.3, 0.4) is 0 Å². The highest BCUT2D eigenvalue weighted by Crippen LogP contribution is 2.46. The summed E-state index contributed by atoms with van der Waals surface area (Å²) >= 11 is 1.95. The van der Waals surface area contributed by atoms with E-state index in [2.05, 4.69) is 25.4 Å². The quantitative estimate of drug-likeness (QED) is 0.712. The Labute approximate surface area is 91.9 Å². The first kappa shape index (κ1) is 12.3. The number of hydrogen-bond acceptors (Lipinski definition) is 3. The van der Waals surface area contributed by atoms with Gasteiger partial charge in [0.25, 0.3) is 0 Å². The van der Waals surface area contributed by atoms with Crippen LogP contribution < -0.4 is 5.32 Å². The maximum absolute atomic E-state index is 10.0. The maximum Gasteiger partial charge on any atom is 0.0766 e. The Balaban J connectivity index is 2.21. The molecule has 1 aliphatic carbocycles. The molecule has 84 valence electrons. The molecule has 0 aromatic rings. The van der Waals surface area contributed by atoms with E-state index >= 15 is 0 Å². The zero-order valence-electron chi connectivity index (χ0n) is 9.76. The van der Waals surface area contributed by atoms with Gasteiger partial charge in [-0.2, -0.15) is 11.8 Å². The van der Waals surface area contributed by atoms with E-state index in [4.69, 9.17) is 0 Å². The average molecular weight is 217 g/mol. The molecule has 3 heteroatoms. The number of thioether (sulfide) groups is 1. The zero-order valence-corrected chi connectivity index (χ0v) is 10.6. The predicted octanol–water partition coefficient (Wildman–Crippen LogP) is 1.88. The topological polar surface area (TPSA) is 32.3 Å². The van der Waals surface area contributed by atoms with Crippen molar-refractivity contribution in [1.29, 1.82) is 0 Å². The normalized spacial score (nSPS) is 23.6. The van der Waals surface area contributed by atoms with Crippen LogP contribution in [0, 0.1) is 5.92 Å². The van der Waals surface area contributed by atoms with Gasteiger partial charge in [0.1, 0.15) is 0 Å². The van der Waals surface area contributed by atoms with Crippen molar-refractivity contribution in [1.82, 2.24) is 5.32 Å². The zero-order chi connectivity index (χ0) is 10.8. The fourth-order valence-electron chi connectivity index (χ4n) is 1.34. The minimum absolute atomic E-state index is 0.305. The number of aliphatic hydroxyl groups is 1. The van der Waals surface area contributed by atoms with Crippen molar-refractivity contribution in [2.75, 3.05) is 19.3 Å². The minimum Gasteiger partial charge on any atom is -0.389 e. The highest BCUT2D eigenvalue weighted by Gasteiger charge is 2.41. The summed E-state index contributed by atoms with van der Waals surface area (Å²) in [6.07, 6.45) is 4.82. The van der Waals surface area contributed by atoms with Gasteiger partial charge in [-0.1, -0.05) is 13.8 Å². The Hall–Kier alpha value is 0.270. The van der Waals surface area contributed by atoms with Crippen LogP contribution in [0.5, 0.6) is 0 Å². The lowest BCUT2D eigenvalue weighted by atomic mass is 9.92. The van der Waals surface area contributed by atoms with Crippen molar-refractivity contribution in [3.63, 3.8) is 0 Å². The molecule has 2 N–H and O–H groups in total. The van der Waals surface area contributed by atoms with Gasteiger partial charge in [-0.05, 0) is 31.9 Å². The van der Waals surface area contributed by atoms with Gasteiger partial charge in [0.2, 0.25) is 0 Å². The van der Waals surface area contributed by atoms with E-state index in [9.17, 15) is 5.11 Å². The van der Waals surface area contributed by atoms with E-state index in [-0.39, 0.29) is 0 Å². The van der Waals surface area contributed by atoms with Crippen LogP contribution in [0.25, 0.3) is 0 Å². The standard InChI is InChI=1S/C11H23NOS/c1-9(2)10(3,13)7-12-8-11(14-4)5-6-11/h9,12-13H,5-8H2,1-4H3. The molecule has 2 nitrogen and oxygen atoms in total. The molecule has 1 unspecified atom stereocenters. The van der Waals surface area contributed by atoms with Gasteiger partial charge >= 0.3 is 0 Å². The third-order valence-corrected chi connectivity index (χ3v) is 4.83. The third kappa shape index (κ3) is 3.14. The van der Waals surface area contributed by atoms with Crippen LogP contribution in [0.2, 0.25) is 0 Å². The summed E-state index contributed by atoms with van der Waals surface area (Å²) in [6, 6.07) is 0. The lowest BCUT2D eigenvalue weighted by molar-refractivity contribution is 0.0144. The Kier molecular flexibility index (Phi) is 3.89. The molecule has 1 aliphatic rings. The minimum atomic E-state index is -0.575. The van der Waals surface area contributed by atoms with Crippen LogP contribution in [0.4, 0.5) is 0 Å². The molecule has 0 spiro atoms. The first-order chi connectivity index (χ1) is 6.42. The fourth-order valence-corrected chi connectivity index (χ4v) is 2.10. The Morgan fingerprint density at radius 1 is 1.50 bits per heavy atom. The van der Waals surface area contributed by atoms with Gasteiger partial charge in [-0.25, -0.2) is 0 Å². The summed E-state index contributed by atoms with van der Waals surface area (Å²) in [7, 11) is 0. The van der Waals surface area contributed by atoms with Crippen molar-refractivity contribution in [3.05, 3.63) is 0 Å². The fraction of sp³-hybridized carbons (Fsp3) is 1.00. The molecular weight excluding hydrogens is 194 g/mol. The van der Waals surface area contributed by atoms with E-state index in [0.717, 1.165) is 6.54 Å². The molecule has 1 atom stereocenters. The smallest absolute Gasteiger partial charge is 0.0766 e. The number of nitrogens with one attached hydrogen (secondary N) is 1. The second-order valence-electron chi connectivity index (χ2n) is 5.00. The van der Waals surface area contributed by atoms with Gasteiger partial charge in [-0.3, -0.25) is 0 Å². The molecule has 0 amide bonds. The molecule has 0 aromatic heterocycles. The van der Waals surface area contributed by atoms with Crippen LogP contribution in [-0.2, 0) is 0 Å². The molecule has 1 rings (SSSR count). The average Bonchev–Trinajstić information content (AvgIpc) is 2.85. The van der Waals surface area contributed by atoms with Crippen molar-refractivity contribution in [2.45, 2.75) is 44.0 Å². The largest absolute Gasteiger partial charge is 0.389 e. The van der Waals surface area contributed by atoms with E-state index < -0.39 is 5.60 Å². The lowest BCUT2D eigenvalue weighted by Crippen LogP contribution is -2.44. The number of rotatable bonds is 6. The van der Waals surface area contributed by atoms with Crippen molar-refractivity contribution < 1.29 is 5.11 Å². The molecule has 0 radical (unpaired) electrons. The lowest BCUT2D eigenvalue weighted by Gasteiger charge is -2.28. The summed E-state index contributed by atoms with van der Waals surface area (Å²) in [5.74, 6) is 0.305. The van der Waals surface area contributed by atoms with Crippen molar-refractivity contribution >= 4 is 11.8 Å². The van der Waals surface area contributed by atoms with Crippen LogP contribution in [-0.4, -0.2) is 34.8 Å². The van der Waals surface area contributed by atoms with Gasteiger partial charge in [0, 0.05) is 17.8 Å². The molecule has 0 saturated heterocycles. The SMILES string of the molecule is CSC1(CNCC(C)(O)C(C)C)CC1. The Morgan fingerprint density at radius 2 is 2.07 bits per heavy atom. The molecule has 1 fully saturated rings. The van der Waals surface area contributed by atoms with Gasteiger partial charge in [0.05, 0.1) is 5.60 Å². The summed E-state index contributed by atoms with van der Waals surface area (Å²) in [6.45, 7) is 7.76. The second-order valence-corrected chi connectivity index (χ2v) is 6.28. The highest BCUT2D eigenvalue weighted by atomic mass is 32.2. The van der Waals surface area contributed by atoms with Crippen LogP contribution in [0.1, 0.15) is 33.6 Å². The van der Waals surface area contributed by atoms with Gasteiger partial charge in [-0.15, -0.1) is 0 Å². The molecule has 0 heterocycles. The van der Waals surface area contributed by atoms with Gasteiger partial charge in [0.15, 0.2) is 0 Å². The second kappa shape index (κ2) is 4.42. The van der Waals surface area contributed by atoms with Crippen molar-refractivity contribution in [2.24, 2.45) is 5.92 Å². The highest BCUT2D eigenvalue weighted by molar-refractivity contribution is 8.00. The first-order valence-corrected chi connectivity index (χ1v) is 6.63. The molecule has 0 aromatic carbocycles. The monoisotopic (exact) mass is 217 g/mol. The summed E-state index contributed by atoms with van der Waals surface area (Å²) in [4.78, 5) is 0. The Bertz CT molecular complexity index is 188. The Morgan fingerprint density at radius 3 is 2.43 bits per heavy atom. The first-order valence-electron chi connectivity index (χ1n) is 5.40.